The van der Waals surface area contributed by atoms with Gasteiger partial charge in [0, 0.05) is 23.6 Å². The van der Waals surface area contributed by atoms with Crippen molar-refractivity contribution in [3.63, 3.8) is 0 Å². The zero-order valence-electron chi connectivity index (χ0n) is 11.0. The SMILES string of the molecule is CCCS(=O)(=O)CCNCC1(SC)CCCC1. The van der Waals surface area contributed by atoms with E-state index in [9.17, 15) is 8.42 Å². The summed E-state index contributed by atoms with van der Waals surface area (Å²) < 4.78 is 23.4. The molecule has 102 valence electrons. The lowest BCUT2D eigenvalue weighted by molar-refractivity contribution is 0.540. The van der Waals surface area contributed by atoms with E-state index in [4.69, 9.17) is 0 Å². The molecule has 1 fully saturated rings. The van der Waals surface area contributed by atoms with E-state index in [1.165, 1.54) is 25.7 Å². The van der Waals surface area contributed by atoms with Crippen LogP contribution in [0, 0.1) is 0 Å². The summed E-state index contributed by atoms with van der Waals surface area (Å²) in [6.07, 6.45) is 8.05. The van der Waals surface area contributed by atoms with Gasteiger partial charge in [0.2, 0.25) is 0 Å². The van der Waals surface area contributed by atoms with Gasteiger partial charge in [0.1, 0.15) is 0 Å². The molecular formula is C12H25NO2S2. The molecule has 0 unspecified atom stereocenters. The fourth-order valence-corrected chi connectivity index (χ4v) is 4.65. The van der Waals surface area contributed by atoms with E-state index >= 15 is 0 Å². The Labute approximate surface area is 110 Å². The molecule has 1 rings (SSSR count). The highest BCUT2D eigenvalue weighted by atomic mass is 32.2. The Morgan fingerprint density at radius 2 is 1.88 bits per heavy atom. The molecule has 0 aromatic heterocycles. The van der Waals surface area contributed by atoms with Crippen LogP contribution in [0.25, 0.3) is 0 Å². The van der Waals surface area contributed by atoms with Crippen molar-refractivity contribution in [1.82, 2.24) is 5.32 Å². The topological polar surface area (TPSA) is 46.2 Å². The lowest BCUT2D eigenvalue weighted by Crippen LogP contribution is -2.37. The highest BCUT2D eigenvalue weighted by Gasteiger charge is 2.32. The van der Waals surface area contributed by atoms with Crippen LogP contribution in [-0.2, 0) is 9.84 Å². The lowest BCUT2D eigenvalue weighted by atomic mass is 10.1. The average Bonchev–Trinajstić information content (AvgIpc) is 2.74. The van der Waals surface area contributed by atoms with Gasteiger partial charge >= 0.3 is 0 Å². The van der Waals surface area contributed by atoms with Crippen LogP contribution >= 0.6 is 11.8 Å². The zero-order chi connectivity index (χ0) is 12.8. The normalized spacial score (nSPS) is 19.6. The number of thioether (sulfide) groups is 1. The first-order chi connectivity index (χ1) is 8.04. The van der Waals surface area contributed by atoms with E-state index in [0.717, 1.165) is 13.0 Å². The second-order valence-corrected chi connectivity index (χ2v) is 8.50. The van der Waals surface area contributed by atoms with Crippen LogP contribution in [0.2, 0.25) is 0 Å². The van der Waals surface area contributed by atoms with Gasteiger partial charge in [-0.1, -0.05) is 19.8 Å². The van der Waals surface area contributed by atoms with E-state index in [-0.39, 0.29) is 5.75 Å². The third kappa shape index (κ3) is 5.18. The van der Waals surface area contributed by atoms with Crippen molar-refractivity contribution in [3.8, 4) is 0 Å². The minimum absolute atomic E-state index is 0.283. The maximum Gasteiger partial charge on any atom is 0.151 e. The molecule has 0 heterocycles. The molecule has 3 nitrogen and oxygen atoms in total. The summed E-state index contributed by atoms with van der Waals surface area (Å²) in [4.78, 5) is 0. The molecule has 0 spiro atoms. The predicted octanol–water partition coefficient (Wildman–Crippen LogP) is 2.08. The highest BCUT2D eigenvalue weighted by Crippen LogP contribution is 2.39. The number of nitrogens with one attached hydrogen (secondary N) is 1. The van der Waals surface area contributed by atoms with Gasteiger partial charge in [-0.3, -0.25) is 0 Å². The van der Waals surface area contributed by atoms with Gasteiger partial charge in [-0.2, -0.15) is 11.8 Å². The summed E-state index contributed by atoms with van der Waals surface area (Å²) in [6.45, 7) is 3.46. The van der Waals surface area contributed by atoms with Crippen LogP contribution in [0.4, 0.5) is 0 Å². The fourth-order valence-electron chi connectivity index (χ4n) is 2.43. The monoisotopic (exact) mass is 279 g/mol. The number of hydrogen-bond acceptors (Lipinski definition) is 4. The van der Waals surface area contributed by atoms with Crippen LogP contribution < -0.4 is 5.32 Å². The third-order valence-corrected chi connectivity index (χ3v) is 6.77. The van der Waals surface area contributed by atoms with Crippen molar-refractivity contribution in [2.24, 2.45) is 0 Å². The van der Waals surface area contributed by atoms with Crippen LogP contribution in [0.15, 0.2) is 0 Å². The standard InChI is InChI=1S/C12H25NO2S2/c1-3-9-17(14,15)10-8-13-11-12(16-2)6-4-5-7-12/h13H,3-11H2,1-2H3. The van der Waals surface area contributed by atoms with Crippen molar-refractivity contribution >= 4 is 21.6 Å². The molecule has 0 radical (unpaired) electrons. The molecule has 1 N–H and O–H groups in total. The smallest absolute Gasteiger partial charge is 0.151 e. The maximum absolute atomic E-state index is 11.5. The molecule has 0 aromatic carbocycles. The van der Waals surface area contributed by atoms with Gasteiger partial charge in [-0.15, -0.1) is 0 Å². The number of hydrogen-bond donors (Lipinski definition) is 1. The molecule has 0 aliphatic heterocycles. The first-order valence-electron chi connectivity index (χ1n) is 6.50. The van der Waals surface area contributed by atoms with Crippen molar-refractivity contribution in [2.45, 2.75) is 43.8 Å². The van der Waals surface area contributed by atoms with Gasteiger partial charge in [-0.05, 0) is 25.5 Å². The minimum atomic E-state index is -2.82. The van der Waals surface area contributed by atoms with Crippen molar-refractivity contribution in [2.75, 3.05) is 30.9 Å². The van der Waals surface area contributed by atoms with Crippen molar-refractivity contribution in [3.05, 3.63) is 0 Å². The summed E-state index contributed by atoms with van der Waals surface area (Å²) in [7, 11) is -2.82. The van der Waals surface area contributed by atoms with Gasteiger partial charge < -0.3 is 5.32 Å². The molecule has 17 heavy (non-hydrogen) atoms. The van der Waals surface area contributed by atoms with Gasteiger partial charge in [0.05, 0.1) is 5.75 Å². The highest BCUT2D eigenvalue weighted by molar-refractivity contribution is 8.00. The zero-order valence-corrected chi connectivity index (χ0v) is 12.6. The summed E-state index contributed by atoms with van der Waals surface area (Å²) in [5.41, 5.74) is 0. The molecule has 1 aliphatic rings. The van der Waals surface area contributed by atoms with E-state index < -0.39 is 9.84 Å². The summed E-state index contributed by atoms with van der Waals surface area (Å²) in [5, 5.41) is 3.33. The van der Waals surface area contributed by atoms with E-state index in [1.807, 2.05) is 18.7 Å². The first kappa shape index (κ1) is 15.3. The Kier molecular flexibility index (Phi) is 6.31. The Bertz CT molecular complexity index is 308. The first-order valence-corrected chi connectivity index (χ1v) is 9.54. The van der Waals surface area contributed by atoms with Crippen LogP contribution in [0.5, 0.6) is 0 Å². The number of sulfone groups is 1. The lowest BCUT2D eigenvalue weighted by Gasteiger charge is -2.27. The Morgan fingerprint density at radius 3 is 2.41 bits per heavy atom. The molecular weight excluding hydrogens is 254 g/mol. The second-order valence-electron chi connectivity index (χ2n) is 4.92. The molecule has 0 aromatic rings. The quantitative estimate of drug-likeness (QED) is 0.691. The maximum atomic E-state index is 11.5. The Hall–Kier alpha value is 0.260. The number of rotatable bonds is 8. The molecule has 0 atom stereocenters. The van der Waals surface area contributed by atoms with Gasteiger partial charge in [0.15, 0.2) is 9.84 Å². The van der Waals surface area contributed by atoms with Crippen molar-refractivity contribution in [1.29, 1.82) is 0 Å². The van der Waals surface area contributed by atoms with Crippen LogP contribution in [-0.4, -0.2) is 44.0 Å². The van der Waals surface area contributed by atoms with Gasteiger partial charge in [0.25, 0.3) is 0 Å². The molecule has 0 bridgehead atoms. The van der Waals surface area contributed by atoms with Crippen molar-refractivity contribution < 1.29 is 8.42 Å². The fraction of sp³-hybridized carbons (Fsp3) is 1.00. The van der Waals surface area contributed by atoms with Crippen LogP contribution in [0.1, 0.15) is 39.0 Å². The second kappa shape index (κ2) is 7.00. The predicted molar refractivity (Wildman–Crippen MR) is 76.5 cm³/mol. The molecule has 1 saturated carbocycles. The summed E-state index contributed by atoms with van der Waals surface area (Å²) in [5.74, 6) is 0.605. The molecule has 5 heteroatoms. The van der Waals surface area contributed by atoms with E-state index in [0.29, 0.717) is 17.0 Å². The van der Waals surface area contributed by atoms with Gasteiger partial charge in [-0.25, -0.2) is 8.42 Å². The summed E-state index contributed by atoms with van der Waals surface area (Å²) in [6, 6.07) is 0. The molecule has 0 saturated heterocycles. The Morgan fingerprint density at radius 1 is 1.24 bits per heavy atom. The third-order valence-electron chi connectivity index (χ3n) is 3.50. The largest absolute Gasteiger partial charge is 0.314 e. The summed E-state index contributed by atoms with van der Waals surface area (Å²) >= 11 is 1.94. The molecule has 1 aliphatic carbocycles. The molecule has 0 amide bonds. The Balaban J connectivity index is 2.23. The minimum Gasteiger partial charge on any atom is -0.314 e. The van der Waals surface area contributed by atoms with E-state index in [2.05, 4.69) is 11.6 Å². The average molecular weight is 279 g/mol. The van der Waals surface area contributed by atoms with Crippen LogP contribution in [0.3, 0.4) is 0 Å². The van der Waals surface area contributed by atoms with E-state index in [1.54, 1.807) is 0 Å².